The molecule has 0 saturated heterocycles. The summed E-state index contributed by atoms with van der Waals surface area (Å²) in [5.41, 5.74) is 4.42. The average molecular weight is 422 g/mol. The van der Waals surface area contributed by atoms with E-state index in [9.17, 15) is 14.9 Å². The van der Waals surface area contributed by atoms with Crippen LogP contribution in [0.1, 0.15) is 18.2 Å². The molecule has 0 saturated carbocycles. The summed E-state index contributed by atoms with van der Waals surface area (Å²) < 4.78 is 16.1. The molecule has 2 N–H and O–H groups in total. The first-order chi connectivity index (χ1) is 15.6. The highest BCUT2D eigenvalue weighted by Gasteiger charge is 2.20. The number of benzene rings is 1. The van der Waals surface area contributed by atoms with Crippen LogP contribution in [0.4, 0.5) is 10.1 Å². The van der Waals surface area contributed by atoms with Gasteiger partial charge in [0.15, 0.2) is 5.69 Å². The van der Waals surface area contributed by atoms with Crippen molar-refractivity contribution in [2.24, 2.45) is 0 Å². The molecule has 9 heteroatoms. The Morgan fingerprint density at radius 2 is 2.03 bits per heavy atom. The van der Waals surface area contributed by atoms with Crippen LogP contribution in [0.2, 0.25) is 0 Å². The zero-order valence-electron chi connectivity index (χ0n) is 16.9. The molecule has 1 aromatic carbocycles. The third kappa shape index (κ3) is 3.01. The molecule has 8 nitrogen and oxygen atoms in total. The highest BCUT2D eigenvalue weighted by Crippen LogP contribution is 2.38. The maximum atomic E-state index is 14.6. The fourth-order valence-corrected chi connectivity index (χ4v) is 3.84. The molecule has 5 rings (SSSR count). The molecule has 0 radical (unpaired) electrons. The summed E-state index contributed by atoms with van der Waals surface area (Å²) in [5, 5.41) is 27.4. The fraction of sp³-hybridized carbons (Fsp3) is 0.0870. The van der Waals surface area contributed by atoms with Gasteiger partial charge < -0.3 is 10.3 Å². The van der Waals surface area contributed by atoms with E-state index in [1.807, 2.05) is 13.0 Å². The minimum atomic E-state index is -0.392. The van der Waals surface area contributed by atoms with Gasteiger partial charge in [0.1, 0.15) is 23.6 Å². The Hall–Kier alpha value is -4.76. The second kappa shape index (κ2) is 7.49. The van der Waals surface area contributed by atoms with Gasteiger partial charge in [-0.15, -0.1) is 0 Å². The topological polar surface area (TPSA) is 119 Å². The van der Waals surface area contributed by atoms with Crippen molar-refractivity contribution in [1.82, 2.24) is 24.7 Å². The number of aromatic amines is 1. The van der Waals surface area contributed by atoms with Crippen molar-refractivity contribution in [2.75, 3.05) is 11.9 Å². The van der Waals surface area contributed by atoms with E-state index in [-0.39, 0.29) is 5.69 Å². The van der Waals surface area contributed by atoms with Crippen LogP contribution in [0.5, 0.6) is 0 Å². The maximum Gasteiger partial charge on any atom is 0.162 e. The number of rotatable bonds is 4. The van der Waals surface area contributed by atoms with E-state index in [1.54, 1.807) is 35.4 Å². The molecule has 0 amide bonds. The Morgan fingerprint density at radius 1 is 1.16 bits per heavy atom. The summed E-state index contributed by atoms with van der Waals surface area (Å²) in [4.78, 5) is 12.0. The molecule has 154 valence electrons. The van der Waals surface area contributed by atoms with Gasteiger partial charge >= 0.3 is 0 Å². The van der Waals surface area contributed by atoms with Crippen molar-refractivity contribution in [2.45, 2.75) is 6.92 Å². The Morgan fingerprint density at radius 3 is 2.78 bits per heavy atom. The molecule has 0 bridgehead atoms. The molecule has 0 aliphatic rings. The number of H-pyrrole nitrogens is 1. The summed E-state index contributed by atoms with van der Waals surface area (Å²) >= 11 is 0. The standard InChI is InChI=1S/C23H15FN8/c1-2-28-19-7-15(24)6-17-20-22(32-4-3-16(9-26)31-32)18(12-29-23(20)30-21(17)19)14-5-13(8-25)10-27-11-14/h3-7,10-12,28H,2H2,1H3,(H,29,30). The number of aromatic nitrogens is 5. The maximum absolute atomic E-state index is 14.6. The lowest BCUT2D eigenvalue weighted by atomic mass is 10.0. The van der Waals surface area contributed by atoms with E-state index in [1.165, 1.54) is 18.3 Å². The van der Waals surface area contributed by atoms with Gasteiger partial charge in [-0.3, -0.25) is 4.98 Å². The molecule has 0 unspecified atom stereocenters. The summed E-state index contributed by atoms with van der Waals surface area (Å²) in [6.07, 6.45) is 6.42. The van der Waals surface area contributed by atoms with Gasteiger partial charge in [-0.25, -0.2) is 14.1 Å². The van der Waals surface area contributed by atoms with Crippen molar-refractivity contribution < 1.29 is 4.39 Å². The monoisotopic (exact) mass is 422 g/mol. The summed E-state index contributed by atoms with van der Waals surface area (Å²) in [6.45, 7) is 2.56. The van der Waals surface area contributed by atoms with Crippen LogP contribution in [0, 0.1) is 28.5 Å². The highest BCUT2D eigenvalue weighted by molar-refractivity contribution is 6.15. The minimum Gasteiger partial charge on any atom is -0.384 e. The molecular weight excluding hydrogens is 407 g/mol. The van der Waals surface area contributed by atoms with Gasteiger partial charge in [0.25, 0.3) is 0 Å². The van der Waals surface area contributed by atoms with Gasteiger partial charge in [0.05, 0.1) is 27.8 Å². The molecule has 0 spiro atoms. The van der Waals surface area contributed by atoms with Crippen LogP contribution in [0.3, 0.4) is 0 Å². The number of anilines is 1. The minimum absolute atomic E-state index is 0.240. The predicted molar refractivity (Wildman–Crippen MR) is 118 cm³/mol. The average Bonchev–Trinajstić information content (AvgIpc) is 3.43. The number of fused-ring (bicyclic) bond motifs is 3. The normalized spacial score (nSPS) is 10.9. The molecule has 0 fully saturated rings. The van der Waals surface area contributed by atoms with Gasteiger partial charge in [-0.2, -0.15) is 15.6 Å². The van der Waals surface area contributed by atoms with Crippen LogP contribution in [0.25, 0.3) is 38.8 Å². The first-order valence-electron chi connectivity index (χ1n) is 9.82. The number of nitrogens with one attached hydrogen (secondary N) is 2. The van der Waals surface area contributed by atoms with E-state index in [2.05, 4.69) is 31.4 Å². The number of nitrogens with zero attached hydrogens (tertiary/aromatic N) is 6. The third-order valence-electron chi connectivity index (χ3n) is 5.15. The van der Waals surface area contributed by atoms with Crippen LogP contribution in [-0.4, -0.2) is 31.3 Å². The van der Waals surface area contributed by atoms with Crippen molar-refractivity contribution in [3.63, 3.8) is 0 Å². The smallest absolute Gasteiger partial charge is 0.162 e. The third-order valence-corrected chi connectivity index (χ3v) is 5.15. The highest BCUT2D eigenvalue weighted by atomic mass is 19.1. The fourth-order valence-electron chi connectivity index (χ4n) is 3.84. The Kier molecular flexibility index (Phi) is 4.50. The number of nitriles is 2. The first kappa shape index (κ1) is 19.2. The van der Waals surface area contributed by atoms with Crippen molar-refractivity contribution in [3.8, 4) is 29.0 Å². The van der Waals surface area contributed by atoms with Crippen LogP contribution in [0.15, 0.2) is 49.1 Å². The predicted octanol–water partition coefficient (Wildman–Crippen LogP) is 4.28. The summed E-state index contributed by atoms with van der Waals surface area (Å²) in [7, 11) is 0. The zero-order chi connectivity index (χ0) is 22.2. The van der Waals surface area contributed by atoms with E-state index in [0.29, 0.717) is 56.5 Å². The second-order valence-corrected chi connectivity index (χ2v) is 7.11. The molecule has 0 atom stereocenters. The summed E-state index contributed by atoms with van der Waals surface area (Å²) in [5.74, 6) is -0.392. The number of hydrogen-bond acceptors (Lipinski definition) is 6. The van der Waals surface area contributed by atoms with Crippen molar-refractivity contribution in [1.29, 1.82) is 10.5 Å². The molecular formula is C23H15FN8. The Balaban J connectivity index is 1.93. The quantitative estimate of drug-likeness (QED) is 0.446. The number of pyridine rings is 2. The van der Waals surface area contributed by atoms with Crippen LogP contribution in [-0.2, 0) is 0 Å². The lowest BCUT2D eigenvalue weighted by molar-refractivity contribution is 0.630. The van der Waals surface area contributed by atoms with Crippen LogP contribution < -0.4 is 5.32 Å². The molecule has 0 aliphatic carbocycles. The lowest BCUT2D eigenvalue weighted by Crippen LogP contribution is -2.01. The number of hydrogen-bond donors (Lipinski definition) is 2. The number of halogens is 1. The zero-order valence-corrected chi connectivity index (χ0v) is 16.9. The van der Waals surface area contributed by atoms with E-state index in [0.717, 1.165) is 0 Å². The van der Waals surface area contributed by atoms with Crippen molar-refractivity contribution >= 4 is 27.6 Å². The largest absolute Gasteiger partial charge is 0.384 e. The van der Waals surface area contributed by atoms with Gasteiger partial charge in [-0.1, -0.05) is 0 Å². The molecule has 5 aromatic rings. The SMILES string of the molecule is CCNc1cc(F)cc2c1[nH]c1ncc(-c3cncc(C#N)c3)c(-n3ccc(C#N)n3)c12. The van der Waals surface area contributed by atoms with Crippen molar-refractivity contribution in [3.05, 3.63) is 66.1 Å². The molecule has 4 heterocycles. The summed E-state index contributed by atoms with van der Waals surface area (Å²) in [6, 6.07) is 10.3. The van der Waals surface area contributed by atoms with Gasteiger partial charge in [-0.05, 0) is 31.2 Å². The van der Waals surface area contributed by atoms with Gasteiger partial charge in [0, 0.05) is 47.8 Å². The first-order valence-corrected chi connectivity index (χ1v) is 9.82. The van der Waals surface area contributed by atoms with E-state index < -0.39 is 5.82 Å². The van der Waals surface area contributed by atoms with E-state index >= 15 is 0 Å². The molecule has 32 heavy (non-hydrogen) atoms. The van der Waals surface area contributed by atoms with E-state index in [4.69, 9.17) is 0 Å². The molecule has 0 aliphatic heterocycles. The second-order valence-electron chi connectivity index (χ2n) is 7.11. The van der Waals surface area contributed by atoms with Gasteiger partial charge in [0.2, 0.25) is 0 Å². The van der Waals surface area contributed by atoms with Crippen LogP contribution >= 0.6 is 0 Å². The Bertz CT molecular complexity index is 1580. The molecule has 4 aromatic heterocycles. The Labute approximate surface area is 181 Å². The lowest BCUT2D eigenvalue weighted by Gasteiger charge is -2.12.